The lowest BCUT2D eigenvalue weighted by Crippen LogP contribution is -2.31. The Hall–Kier alpha value is -4.21. The summed E-state index contributed by atoms with van der Waals surface area (Å²) in [4.78, 5) is 32.1. The molecule has 3 aromatic heterocycles. The van der Waals surface area contributed by atoms with Gasteiger partial charge >= 0.3 is 0 Å². The quantitative estimate of drug-likeness (QED) is 0.378. The molecule has 0 fully saturated rings. The lowest BCUT2D eigenvalue weighted by atomic mass is 10.1. The zero-order chi connectivity index (χ0) is 23.5. The summed E-state index contributed by atoms with van der Waals surface area (Å²) in [6, 6.07) is 8.07. The maximum atomic E-state index is 12.9. The molecular weight excluding hydrogens is 424 g/mol. The van der Waals surface area contributed by atoms with E-state index in [0.29, 0.717) is 18.1 Å². The van der Waals surface area contributed by atoms with Gasteiger partial charge in [-0.15, -0.1) is 0 Å². The predicted octanol–water partition coefficient (Wildman–Crippen LogP) is 2.24. The van der Waals surface area contributed by atoms with Crippen molar-refractivity contribution in [3.63, 3.8) is 0 Å². The third-order valence-corrected chi connectivity index (χ3v) is 5.30. The highest BCUT2D eigenvalue weighted by atomic mass is 16.5. The van der Waals surface area contributed by atoms with E-state index in [1.807, 2.05) is 55.7 Å². The van der Waals surface area contributed by atoms with Crippen LogP contribution >= 0.6 is 0 Å². The second-order valence-corrected chi connectivity index (χ2v) is 7.75. The van der Waals surface area contributed by atoms with Crippen LogP contribution < -0.4 is 15.2 Å². The highest BCUT2D eigenvalue weighted by Crippen LogP contribution is 2.22. The van der Waals surface area contributed by atoms with E-state index in [9.17, 15) is 9.59 Å². The second-order valence-electron chi connectivity index (χ2n) is 7.75. The van der Waals surface area contributed by atoms with Crippen LogP contribution in [-0.2, 0) is 27.1 Å². The largest absolute Gasteiger partial charge is 0.489 e. The molecule has 33 heavy (non-hydrogen) atoms. The average Bonchev–Trinajstić information content (AvgIpc) is 3.47. The number of aromatic nitrogens is 5. The minimum Gasteiger partial charge on any atom is -0.489 e. The molecule has 0 aliphatic rings. The van der Waals surface area contributed by atoms with Crippen molar-refractivity contribution < 1.29 is 14.1 Å². The third-order valence-electron chi connectivity index (χ3n) is 5.30. The molecule has 0 bridgehead atoms. The first-order valence-electron chi connectivity index (χ1n) is 10.2. The number of methoxy groups -OCH3 is 1. The van der Waals surface area contributed by atoms with Crippen molar-refractivity contribution in [1.29, 1.82) is 0 Å². The van der Waals surface area contributed by atoms with E-state index in [1.54, 1.807) is 11.7 Å². The Labute approximate surface area is 190 Å². The molecule has 170 valence electrons. The number of aryl methyl sites for hydroxylation is 1. The Bertz CT molecular complexity index is 1320. The zero-order valence-corrected chi connectivity index (χ0v) is 18.8. The van der Waals surface area contributed by atoms with E-state index in [0.717, 1.165) is 16.7 Å². The minimum absolute atomic E-state index is 0.00100. The molecule has 0 aliphatic carbocycles. The monoisotopic (exact) mass is 448 g/mol. The lowest BCUT2D eigenvalue weighted by Gasteiger charge is -2.22. The fourth-order valence-electron chi connectivity index (χ4n) is 3.59. The van der Waals surface area contributed by atoms with Crippen molar-refractivity contribution in [3.05, 3.63) is 76.3 Å². The van der Waals surface area contributed by atoms with Crippen LogP contribution in [0.3, 0.4) is 0 Å². The molecule has 10 heteroatoms. The number of anilines is 1. The SMILES string of the molecule is COc1c(C(=O)Cc2cnoc2)nc(N(C)Cc2ccc(-c3cnn(C)c3)cc2)n(C)c1=O. The molecule has 0 saturated heterocycles. The van der Waals surface area contributed by atoms with Crippen LogP contribution in [0.2, 0.25) is 0 Å². The van der Waals surface area contributed by atoms with Gasteiger partial charge in [-0.3, -0.25) is 18.8 Å². The van der Waals surface area contributed by atoms with Gasteiger partial charge in [0.1, 0.15) is 6.26 Å². The molecule has 0 spiro atoms. The summed E-state index contributed by atoms with van der Waals surface area (Å²) in [6.07, 6.45) is 6.60. The molecule has 0 radical (unpaired) electrons. The number of carbonyl (C=O) groups excluding carboxylic acids is 1. The van der Waals surface area contributed by atoms with Gasteiger partial charge in [-0.05, 0) is 11.1 Å². The van der Waals surface area contributed by atoms with Crippen LogP contribution in [0.25, 0.3) is 11.1 Å². The van der Waals surface area contributed by atoms with Gasteiger partial charge in [0, 0.05) is 51.4 Å². The van der Waals surface area contributed by atoms with Crippen molar-refractivity contribution in [2.45, 2.75) is 13.0 Å². The Morgan fingerprint density at radius 2 is 1.88 bits per heavy atom. The van der Waals surface area contributed by atoms with Gasteiger partial charge in [-0.25, -0.2) is 4.98 Å². The van der Waals surface area contributed by atoms with Crippen LogP contribution in [-0.4, -0.2) is 44.4 Å². The van der Waals surface area contributed by atoms with Crippen LogP contribution in [0.4, 0.5) is 5.95 Å². The third kappa shape index (κ3) is 4.54. The fraction of sp³-hybridized carbons (Fsp3) is 0.261. The molecule has 0 unspecified atom stereocenters. The molecule has 4 rings (SSSR count). The maximum Gasteiger partial charge on any atom is 0.297 e. The summed E-state index contributed by atoms with van der Waals surface area (Å²) >= 11 is 0. The van der Waals surface area contributed by atoms with E-state index < -0.39 is 5.56 Å². The van der Waals surface area contributed by atoms with Gasteiger partial charge in [-0.2, -0.15) is 5.10 Å². The zero-order valence-electron chi connectivity index (χ0n) is 18.8. The van der Waals surface area contributed by atoms with E-state index in [-0.39, 0.29) is 23.6 Å². The summed E-state index contributed by atoms with van der Waals surface area (Å²) in [5.74, 6) is -0.0917. The first-order valence-corrected chi connectivity index (χ1v) is 10.2. The van der Waals surface area contributed by atoms with Gasteiger partial charge in [0.2, 0.25) is 11.7 Å². The molecule has 0 amide bonds. The smallest absolute Gasteiger partial charge is 0.297 e. The Balaban J connectivity index is 1.60. The first-order chi connectivity index (χ1) is 15.9. The van der Waals surface area contributed by atoms with Crippen LogP contribution in [0.1, 0.15) is 21.6 Å². The van der Waals surface area contributed by atoms with Gasteiger partial charge < -0.3 is 14.2 Å². The number of hydrogen-bond donors (Lipinski definition) is 0. The number of Topliss-reactive ketones (excluding diaryl/α,β-unsaturated/α-hetero) is 1. The molecule has 0 atom stereocenters. The summed E-state index contributed by atoms with van der Waals surface area (Å²) in [6.45, 7) is 0.485. The van der Waals surface area contributed by atoms with E-state index in [2.05, 4.69) is 15.2 Å². The number of rotatable bonds is 8. The molecule has 4 aromatic rings. The second kappa shape index (κ2) is 9.11. The summed E-state index contributed by atoms with van der Waals surface area (Å²) in [7, 11) is 6.65. The standard InChI is InChI=1S/C23H24N6O4/c1-27(12-15-5-7-17(8-6-15)18-11-24-28(2)13-18)23-26-20(21(32-4)22(31)29(23)3)19(30)9-16-10-25-33-14-16/h5-8,10-11,13-14H,9,12H2,1-4H3. The summed E-state index contributed by atoms with van der Waals surface area (Å²) in [5.41, 5.74) is 3.25. The summed E-state index contributed by atoms with van der Waals surface area (Å²) in [5, 5.41) is 7.81. The van der Waals surface area contributed by atoms with Crippen LogP contribution in [0, 0.1) is 0 Å². The normalized spacial score (nSPS) is 10.9. The molecule has 0 N–H and O–H groups in total. The van der Waals surface area contributed by atoms with Crippen LogP contribution in [0.15, 0.2) is 58.4 Å². The molecule has 1 aromatic carbocycles. The number of ether oxygens (including phenoxy) is 1. The van der Waals surface area contributed by atoms with Gasteiger partial charge in [0.15, 0.2) is 11.5 Å². The van der Waals surface area contributed by atoms with E-state index in [4.69, 9.17) is 9.26 Å². The molecular formula is C23H24N6O4. The van der Waals surface area contributed by atoms with Gasteiger partial charge in [-0.1, -0.05) is 29.4 Å². The molecule has 0 saturated carbocycles. The topological polar surface area (TPSA) is 108 Å². The van der Waals surface area contributed by atoms with E-state index >= 15 is 0 Å². The van der Waals surface area contributed by atoms with Gasteiger partial charge in [0.05, 0.1) is 19.5 Å². The minimum atomic E-state index is -0.435. The number of carbonyl (C=O) groups is 1. The van der Waals surface area contributed by atoms with E-state index in [1.165, 1.54) is 24.1 Å². The number of benzene rings is 1. The van der Waals surface area contributed by atoms with Gasteiger partial charge in [0.25, 0.3) is 5.56 Å². The predicted molar refractivity (Wildman–Crippen MR) is 121 cm³/mol. The first kappa shape index (κ1) is 22.0. The maximum absolute atomic E-state index is 12.9. The van der Waals surface area contributed by atoms with Crippen molar-refractivity contribution in [2.75, 3.05) is 19.1 Å². The number of hydrogen-bond acceptors (Lipinski definition) is 8. The van der Waals surface area contributed by atoms with Crippen LogP contribution in [0.5, 0.6) is 5.75 Å². The molecule has 3 heterocycles. The average molecular weight is 448 g/mol. The molecule has 0 aliphatic heterocycles. The summed E-state index contributed by atoms with van der Waals surface area (Å²) < 4.78 is 13.1. The molecule has 10 nitrogen and oxygen atoms in total. The van der Waals surface area contributed by atoms with Crippen molar-refractivity contribution in [2.24, 2.45) is 14.1 Å². The Kier molecular flexibility index (Phi) is 6.07. The van der Waals surface area contributed by atoms with Crippen molar-refractivity contribution >= 4 is 11.7 Å². The fourth-order valence-corrected chi connectivity index (χ4v) is 3.59. The number of ketones is 1. The highest BCUT2D eigenvalue weighted by molar-refractivity contribution is 5.98. The number of nitrogens with zero attached hydrogens (tertiary/aromatic N) is 6. The van der Waals surface area contributed by atoms with Crippen molar-refractivity contribution in [1.82, 2.24) is 24.5 Å². The lowest BCUT2D eigenvalue weighted by molar-refractivity contribution is 0.0984. The Morgan fingerprint density at radius 1 is 1.12 bits per heavy atom. The Morgan fingerprint density at radius 3 is 2.48 bits per heavy atom. The highest BCUT2D eigenvalue weighted by Gasteiger charge is 2.23. The van der Waals surface area contributed by atoms with Crippen molar-refractivity contribution in [3.8, 4) is 16.9 Å².